The van der Waals surface area contributed by atoms with Crippen LogP contribution in [0.4, 0.5) is 23.2 Å². The molecule has 0 bridgehead atoms. The summed E-state index contributed by atoms with van der Waals surface area (Å²) < 4.78 is 61.3. The summed E-state index contributed by atoms with van der Waals surface area (Å²) in [6, 6.07) is 12.1. The molecule has 4 aromatic rings. The molecular formula is C46H62F4N6O3S3. The van der Waals surface area contributed by atoms with Gasteiger partial charge in [0, 0.05) is 94.3 Å². The molecule has 0 amide bonds. The molecule has 9 nitrogen and oxygen atoms in total. The zero-order valence-electron chi connectivity index (χ0n) is 37.5. The molecule has 0 radical (unpaired) electrons. The molecule has 2 aromatic carbocycles. The van der Waals surface area contributed by atoms with Gasteiger partial charge in [-0.3, -0.25) is 5.41 Å². The number of nitrogens with zero attached hydrogens (tertiary/aromatic N) is 3. The van der Waals surface area contributed by atoms with Crippen molar-refractivity contribution in [2.24, 2.45) is 0 Å². The summed E-state index contributed by atoms with van der Waals surface area (Å²) in [5.41, 5.74) is 2.85. The molecule has 2 aliphatic heterocycles. The summed E-state index contributed by atoms with van der Waals surface area (Å²) in [5, 5.41) is 13.7. The molecule has 2 aromatic heterocycles. The van der Waals surface area contributed by atoms with Crippen molar-refractivity contribution in [3.63, 3.8) is 0 Å². The number of benzene rings is 2. The predicted octanol–water partition coefficient (Wildman–Crippen LogP) is 13.1. The van der Waals surface area contributed by atoms with Crippen molar-refractivity contribution in [3.8, 4) is 11.1 Å². The van der Waals surface area contributed by atoms with E-state index >= 15 is 0 Å². The maximum absolute atomic E-state index is 14.5. The van der Waals surface area contributed by atoms with Crippen LogP contribution in [0.15, 0.2) is 115 Å². The maximum Gasteiger partial charge on any atom is 0.417 e. The van der Waals surface area contributed by atoms with Crippen LogP contribution in [0.1, 0.15) is 72.9 Å². The van der Waals surface area contributed by atoms with Gasteiger partial charge in [0.05, 0.1) is 11.3 Å². The van der Waals surface area contributed by atoms with Crippen LogP contribution in [0.5, 0.6) is 0 Å². The Hall–Kier alpha value is -4.93. The number of amidine groups is 1. The number of allylic oxidation sites excluding steroid dienone is 2. The van der Waals surface area contributed by atoms with E-state index in [4.69, 9.17) is 5.41 Å². The first-order valence-electron chi connectivity index (χ1n) is 19.9. The van der Waals surface area contributed by atoms with Gasteiger partial charge in [-0.15, -0.1) is 11.8 Å². The minimum Gasteiger partial charge on any atom is -0.387 e. The number of aromatic nitrogens is 2. The highest BCUT2D eigenvalue weighted by Crippen LogP contribution is 2.49. The lowest BCUT2D eigenvalue weighted by Gasteiger charge is -2.32. The second-order valence-electron chi connectivity index (χ2n) is 11.9. The van der Waals surface area contributed by atoms with Gasteiger partial charge in [-0.2, -0.15) is 37.6 Å². The number of rotatable bonds is 5. The van der Waals surface area contributed by atoms with Crippen molar-refractivity contribution in [3.05, 3.63) is 127 Å². The molecule has 6 rings (SSSR count). The quantitative estimate of drug-likeness (QED) is 0.0295. The van der Waals surface area contributed by atoms with Crippen molar-refractivity contribution >= 4 is 70.6 Å². The Morgan fingerprint density at radius 1 is 0.984 bits per heavy atom. The molecule has 0 saturated heterocycles. The third-order valence-electron chi connectivity index (χ3n) is 8.31. The first-order valence-corrected chi connectivity index (χ1v) is 23.1. The number of esters is 2. The Bertz CT molecular complexity index is 2020. The van der Waals surface area contributed by atoms with Crippen LogP contribution in [0.25, 0.3) is 22.2 Å². The molecule has 1 atom stereocenters. The molecule has 16 heteroatoms. The van der Waals surface area contributed by atoms with Crippen molar-refractivity contribution in [1.29, 1.82) is 5.41 Å². The highest BCUT2D eigenvalue weighted by molar-refractivity contribution is 8.03. The maximum atomic E-state index is 14.5. The molecular weight excluding hydrogens is 857 g/mol. The number of carbonyl (C=O) groups excluding carboxylic acids is 2. The monoisotopic (exact) mass is 918 g/mol. The van der Waals surface area contributed by atoms with E-state index in [-0.39, 0.29) is 22.2 Å². The number of pyridine rings is 1. The number of anilines is 1. The Morgan fingerprint density at radius 2 is 1.55 bits per heavy atom. The van der Waals surface area contributed by atoms with Gasteiger partial charge in [-0.1, -0.05) is 66.8 Å². The van der Waals surface area contributed by atoms with Gasteiger partial charge in [0.25, 0.3) is 0 Å². The lowest BCUT2D eigenvalue weighted by molar-refractivity contribution is -0.152. The first kappa shape index (κ1) is 57.1. The third-order valence-corrected chi connectivity index (χ3v) is 10.9. The van der Waals surface area contributed by atoms with Crippen LogP contribution < -0.4 is 5.32 Å². The second-order valence-corrected chi connectivity index (χ2v) is 14.0. The normalized spacial score (nSPS) is 13.7. The number of ether oxygens (including phenoxy) is 1. The Labute approximate surface area is 379 Å². The predicted molar refractivity (Wildman–Crippen MR) is 258 cm³/mol. The minimum absolute atomic E-state index is 0.0186. The standard InChI is InChI=1S/C26H28F4N4S2.C7H6N2.C6H6O3.3C2H6.CH4S/c1-15-12-34(13-16(2)33(15)3)25(31)20-11-21(26(28,29)30)22(17-5-7-18(27)8-6-17)24-23(20)32-10-9-19(35-4)14-36-24;1-2-6-3-5-9-7(6)8-4-1;1-3-5(7)9-6(8)4-2;4*1-2/h5-8,11-13,19,31-32H,9-10,14H2,1-4H3;1-5H,(H,8,9);3-4H,1-2H2;3*1-2H3;2H,1H3. The molecule has 1 unspecified atom stereocenters. The number of nitrogens with one attached hydrogen (secondary N) is 3. The van der Waals surface area contributed by atoms with E-state index < -0.39 is 29.5 Å². The number of thioether (sulfide) groups is 2. The molecule has 340 valence electrons. The zero-order valence-corrected chi connectivity index (χ0v) is 40.1. The number of carbonyl (C=O) groups is 2. The van der Waals surface area contributed by atoms with Gasteiger partial charge in [0.1, 0.15) is 17.3 Å². The lowest BCUT2D eigenvalue weighted by Crippen LogP contribution is -2.30. The van der Waals surface area contributed by atoms with Crippen molar-refractivity contribution in [2.45, 2.75) is 78.1 Å². The third kappa shape index (κ3) is 17.1. The largest absolute Gasteiger partial charge is 0.417 e. The first-order chi connectivity index (χ1) is 29.7. The van der Waals surface area contributed by atoms with E-state index in [0.29, 0.717) is 28.4 Å². The summed E-state index contributed by atoms with van der Waals surface area (Å²) in [7, 11) is 1.90. The van der Waals surface area contributed by atoms with Gasteiger partial charge < -0.3 is 24.8 Å². The summed E-state index contributed by atoms with van der Waals surface area (Å²) >= 11 is 6.57. The van der Waals surface area contributed by atoms with Crippen molar-refractivity contribution < 1.29 is 31.9 Å². The van der Waals surface area contributed by atoms with Crippen LogP contribution >= 0.6 is 36.2 Å². The van der Waals surface area contributed by atoms with E-state index in [0.717, 1.165) is 47.1 Å². The number of hydrogen-bond donors (Lipinski definition) is 4. The van der Waals surface area contributed by atoms with E-state index in [2.05, 4.69) is 45.8 Å². The van der Waals surface area contributed by atoms with Crippen molar-refractivity contribution in [1.82, 2.24) is 19.8 Å². The number of fused-ring (bicyclic) bond motifs is 2. The number of thiol groups is 1. The molecule has 0 aliphatic carbocycles. The Balaban J connectivity index is 0.00000116. The number of aromatic amines is 1. The van der Waals surface area contributed by atoms with Crippen molar-refractivity contribution in [2.75, 3.05) is 37.2 Å². The van der Waals surface area contributed by atoms with Crippen LogP contribution in [0, 0.1) is 11.2 Å². The van der Waals surface area contributed by atoms with Gasteiger partial charge in [0.15, 0.2) is 0 Å². The van der Waals surface area contributed by atoms with E-state index in [1.165, 1.54) is 36.0 Å². The highest BCUT2D eigenvalue weighted by atomic mass is 32.2. The average Bonchev–Trinajstić information content (AvgIpc) is 3.77. The fourth-order valence-corrected chi connectivity index (χ4v) is 7.64. The van der Waals surface area contributed by atoms with E-state index in [1.54, 1.807) is 41.5 Å². The Morgan fingerprint density at radius 3 is 2.05 bits per heavy atom. The number of halogens is 4. The molecule has 0 spiro atoms. The summed E-state index contributed by atoms with van der Waals surface area (Å²) in [4.78, 5) is 31.4. The van der Waals surface area contributed by atoms with E-state index in [1.807, 2.05) is 98.0 Å². The number of alkyl halides is 3. The fraction of sp³-hybridized carbons (Fsp3) is 0.348. The van der Waals surface area contributed by atoms with Gasteiger partial charge >= 0.3 is 18.1 Å². The van der Waals surface area contributed by atoms with Gasteiger partial charge in [0.2, 0.25) is 0 Å². The second kappa shape index (κ2) is 30.2. The van der Waals surface area contributed by atoms with Crippen LogP contribution in [-0.4, -0.2) is 74.6 Å². The molecule has 62 heavy (non-hydrogen) atoms. The highest BCUT2D eigenvalue weighted by Gasteiger charge is 2.38. The molecule has 4 heterocycles. The molecule has 0 fully saturated rings. The smallest absolute Gasteiger partial charge is 0.387 e. The minimum atomic E-state index is -4.67. The SMILES string of the molecule is C=CC(=O)OC(=O)C=C.CC.CC.CC.CS.CSC1CCNc2c(C(=N)N3C=C(C)N(C)C(C)=C3)cc(C(F)(F)F)c(-c3ccc(F)cc3)c2SC1.c1cnc2[nH]ccc2c1. The van der Waals surface area contributed by atoms with Crippen LogP contribution in [0.3, 0.4) is 0 Å². The van der Waals surface area contributed by atoms with Gasteiger partial charge in [-0.25, -0.2) is 19.0 Å². The topological polar surface area (TPSA) is 114 Å². The van der Waals surface area contributed by atoms with Gasteiger partial charge in [-0.05, 0) is 74.7 Å². The fourth-order valence-electron chi connectivity index (χ4n) is 5.32. The zero-order chi connectivity index (χ0) is 47.6. The number of H-pyrrole nitrogens is 1. The molecule has 2 aliphatic rings. The van der Waals surface area contributed by atoms with Crippen LogP contribution in [0.2, 0.25) is 0 Å². The molecule has 0 saturated carbocycles. The number of hydrogen-bond acceptors (Lipinski definition) is 10. The lowest BCUT2D eigenvalue weighted by atomic mass is 9.94. The van der Waals surface area contributed by atoms with Crippen LogP contribution in [-0.2, 0) is 20.5 Å². The summed E-state index contributed by atoms with van der Waals surface area (Å²) in [6.45, 7) is 22.5. The molecule has 3 N–H and O–H groups in total. The summed E-state index contributed by atoms with van der Waals surface area (Å²) in [6.07, 6.45) is 8.82. The average molecular weight is 919 g/mol. The summed E-state index contributed by atoms with van der Waals surface area (Å²) in [5.74, 6) is -1.46. The Kier molecular flexibility index (Phi) is 27.8. The van der Waals surface area contributed by atoms with E-state index in [9.17, 15) is 27.2 Å².